The first-order valence-corrected chi connectivity index (χ1v) is 6.73. The number of aromatic nitrogens is 2. The largest absolute Gasteiger partial charge is 0.295 e. The Kier molecular flexibility index (Phi) is 3.56. The first kappa shape index (κ1) is 13.2. The molecule has 3 aromatic rings. The van der Waals surface area contributed by atoms with Gasteiger partial charge in [0.1, 0.15) is 0 Å². The molecule has 3 rings (SSSR count). The molecule has 102 valence electrons. The van der Waals surface area contributed by atoms with Gasteiger partial charge in [0.25, 0.3) is 0 Å². The minimum Gasteiger partial charge on any atom is -0.295 e. The second-order valence-electron chi connectivity index (χ2n) is 4.78. The molecule has 3 nitrogen and oxygen atoms in total. The van der Waals surface area contributed by atoms with Gasteiger partial charge in [0.05, 0.1) is 0 Å². The third-order valence-electron chi connectivity index (χ3n) is 3.33. The zero-order chi connectivity index (χ0) is 14.7. The smallest absolute Gasteiger partial charge is 0.159 e. The average Bonchev–Trinajstić information content (AvgIpc) is 2.56. The van der Waals surface area contributed by atoms with Crippen molar-refractivity contribution in [2.45, 2.75) is 6.92 Å². The van der Waals surface area contributed by atoms with E-state index in [1.54, 1.807) is 25.4 Å². The van der Waals surface area contributed by atoms with Crippen LogP contribution in [0, 0.1) is 0 Å². The number of hydrogen-bond acceptors (Lipinski definition) is 3. The van der Waals surface area contributed by atoms with Crippen LogP contribution in [0.5, 0.6) is 0 Å². The number of carbonyl (C=O) groups is 1. The molecule has 0 bridgehead atoms. The lowest BCUT2D eigenvalue weighted by Gasteiger charge is -2.04. The maximum atomic E-state index is 11.3. The molecule has 0 saturated heterocycles. The highest BCUT2D eigenvalue weighted by atomic mass is 16.1. The normalized spacial score (nSPS) is 10.3. The summed E-state index contributed by atoms with van der Waals surface area (Å²) in [4.78, 5) is 19.7. The molecule has 0 radical (unpaired) electrons. The zero-order valence-electron chi connectivity index (χ0n) is 11.7. The molecule has 0 spiro atoms. The summed E-state index contributed by atoms with van der Waals surface area (Å²) in [6.07, 6.45) is 3.47. The quantitative estimate of drug-likeness (QED) is 0.678. The van der Waals surface area contributed by atoms with Crippen molar-refractivity contribution in [1.29, 1.82) is 0 Å². The molecule has 0 atom stereocenters. The van der Waals surface area contributed by atoms with E-state index in [2.05, 4.69) is 9.97 Å². The maximum absolute atomic E-state index is 11.3. The van der Waals surface area contributed by atoms with Crippen LogP contribution in [-0.2, 0) is 0 Å². The Bertz CT molecular complexity index is 747. The number of nitrogens with zero attached hydrogens (tertiary/aromatic N) is 2. The summed E-state index contributed by atoms with van der Waals surface area (Å²) in [5.74, 6) is 0.800. The van der Waals surface area contributed by atoms with Gasteiger partial charge < -0.3 is 0 Å². The van der Waals surface area contributed by atoms with Crippen molar-refractivity contribution in [1.82, 2.24) is 9.97 Å². The predicted octanol–water partition coefficient (Wildman–Crippen LogP) is 4.01. The van der Waals surface area contributed by atoms with Crippen LogP contribution in [0.2, 0.25) is 0 Å². The minimum atomic E-state index is 0.0816. The highest BCUT2D eigenvalue weighted by Crippen LogP contribution is 2.23. The predicted molar refractivity (Wildman–Crippen MR) is 82.9 cm³/mol. The molecule has 0 aliphatic carbocycles. The Morgan fingerprint density at radius 3 is 1.76 bits per heavy atom. The topological polar surface area (TPSA) is 42.9 Å². The van der Waals surface area contributed by atoms with E-state index in [0.29, 0.717) is 0 Å². The van der Waals surface area contributed by atoms with Crippen molar-refractivity contribution < 1.29 is 4.79 Å². The highest BCUT2D eigenvalue weighted by molar-refractivity contribution is 5.94. The molecule has 0 amide bonds. The van der Waals surface area contributed by atoms with Gasteiger partial charge in [-0.15, -0.1) is 0 Å². The molecule has 0 fully saturated rings. The lowest BCUT2D eigenvalue weighted by atomic mass is 10.0. The zero-order valence-corrected chi connectivity index (χ0v) is 11.7. The second kappa shape index (κ2) is 5.67. The Morgan fingerprint density at radius 1 is 0.762 bits per heavy atom. The Balaban J connectivity index is 1.89. The molecule has 0 unspecified atom stereocenters. The number of benzene rings is 2. The fraction of sp³-hybridized carbons (Fsp3) is 0.0556. The van der Waals surface area contributed by atoms with Crippen molar-refractivity contribution in [2.24, 2.45) is 0 Å². The van der Waals surface area contributed by atoms with Gasteiger partial charge in [-0.3, -0.25) is 4.79 Å². The minimum absolute atomic E-state index is 0.0816. The van der Waals surface area contributed by atoms with Crippen LogP contribution < -0.4 is 0 Å². The fourth-order valence-electron chi connectivity index (χ4n) is 2.16. The highest BCUT2D eigenvalue weighted by Gasteiger charge is 2.03. The number of Topliss-reactive ketones (excluding diaryl/α,β-unsaturated/α-hetero) is 1. The summed E-state index contributed by atoms with van der Waals surface area (Å²) < 4.78 is 0. The third kappa shape index (κ3) is 2.87. The van der Waals surface area contributed by atoms with E-state index in [4.69, 9.17) is 0 Å². The van der Waals surface area contributed by atoms with Crippen LogP contribution in [0.15, 0.2) is 67.0 Å². The number of hydrogen-bond donors (Lipinski definition) is 0. The molecule has 0 aliphatic rings. The van der Waals surface area contributed by atoms with E-state index < -0.39 is 0 Å². The fourth-order valence-corrected chi connectivity index (χ4v) is 2.16. The summed E-state index contributed by atoms with van der Waals surface area (Å²) >= 11 is 0. The van der Waals surface area contributed by atoms with Gasteiger partial charge in [0.15, 0.2) is 11.6 Å². The summed E-state index contributed by atoms with van der Waals surface area (Å²) in [5, 5.41) is 0. The van der Waals surface area contributed by atoms with Crippen LogP contribution in [0.4, 0.5) is 0 Å². The van der Waals surface area contributed by atoms with E-state index in [0.717, 1.165) is 28.1 Å². The van der Waals surface area contributed by atoms with Gasteiger partial charge in [-0.2, -0.15) is 0 Å². The average molecular weight is 274 g/mol. The number of carbonyl (C=O) groups excluding carboxylic acids is 1. The van der Waals surface area contributed by atoms with Gasteiger partial charge in [-0.05, 0) is 24.1 Å². The van der Waals surface area contributed by atoms with E-state index >= 15 is 0 Å². The van der Waals surface area contributed by atoms with Crippen molar-refractivity contribution >= 4 is 5.78 Å². The number of ketones is 1. The molecular weight excluding hydrogens is 260 g/mol. The van der Waals surface area contributed by atoms with Gasteiger partial charge in [-0.25, -0.2) is 9.97 Å². The van der Waals surface area contributed by atoms with Crippen LogP contribution in [0.1, 0.15) is 17.3 Å². The Labute approximate surface area is 123 Å². The van der Waals surface area contributed by atoms with Crippen LogP contribution >= 0.6 is 0 Å². The van der Waals surface area contributed by atoms with E-state index in [9.17, 15) is 4.79 Å². The van der Waals surface area contributed by atoms with Gasteiger partial charge in [0.2, 0.25) is 0 Å². The van der Waals surface area contributed by atoms with E-state index in [-0.39, 0.29) is 5.78 Å². The molecule has 3 heteroatoms. The van der Waals surface area contributed by atoms with Crippen LogP contribution in [0.3, 0.4) is 0 Å². The van der Waals surface area contributed by atoms with Crippen molar-refractivity contribution in [3.63, 3.8) is 0 Å². The Morgan fingerprint density at radius 2 is 1.24 bits per heavy atom. The van der Waals surface area contributed by atoms with E-state index in [1.165, 1.54) is 0 Å². The van der Waals surface area contributed by atoms with Gasteiger partial charge >= 0.3 is 0 Å². The molecule has 0 saturated carbocycles. The van der Waals surface area contributed by atoms with Crippen LogP contribution in [0.25, 0.3) is 22.5 Å². The molecule has 1 heterocycles. The first-order chi connectivity index (χ1) is 10.2. The molecular formula is C18H14N2O. The summed E-state index contributed by atoms with van der Waals surface area (Å²) in [6.45, 7) is 1.57. The standard InChI is InChI=1S/C18H14N2O/c1-13(21)14-3-5-15(6-4-14)16-7-9-17(10-8-16)18-19-11-2-12-20-18/h2-12H,1H3. The third-order valence-corrected chi connectivity index (χ3v) is 3.33. The lowest BCUT2D eigenvalue weighted by molar-refractivity contribution is 0.101. The second-order valence-corrected chi connectivity index (χ2v) is 4.78. The molecule has 0 N–H and O–H groups in total. The molecule has 0 aliphatic heterocycles. The first-order valence-electron chi connectivity index (χ1n) is 6.73. The summed E-state index contributed by atoms with van der Waals surface area (Å²) in [5.41, 5.74) is 3.90. The van der Waals surface area contributed by atoms with Gasteiger partial charge in [0, 0.05) is 23.5 Å². The molecule has 1 aromatic heterocycles. The SMILES string of the molecule is CC(=O)c1ccc(-c2ccc(-c3ncccn3)cc2)cc1. The van der Waals surface area contributed by atoms with Gasteiger partial charge in [-0.1, -0.05) is 48.5 Å². The van der Waals surface area contributed by atoms with Crippen molar-refractivity contribution in [3.8, 4) is 22.5 Å². The summed E-state index contributed by atoms with van der Waals surface area (Å²) in [6, 6.07) is 17.5. The maximum Gasteiger partial charge on any atom is 0.159 e. The summed E-state index contributed by atoms with van der Waals surface area (Å²) in [7, 11) is 0. The van der Waals surface area contributed by atoms with Crippen molar-refractivity contribution in [2.75, 3.05) is 0 Å². The van der Waals surface area contributed by atoms with Crippen molar-refractivity contribution in [3.05, 3.63) is 72.6 Å². The molecule has 21 heavy (non-hydrogen) atoms. The van der Waals surface area contributed by atoms with E-state index in [1.807, 2.05) is 48.5 Å². The molecule has 2 aromatic carbocycles. The lowest BCUT2D eigenvalue weighted by Crippen LogP contribution is -1.91. The Hall–Kier alpha value is -2.81. The number of rotatable bonds is 3. The van der Waals surface area contributed by atoms with Crippen LogP contribution in [-0.4, -0.2) is 15.8 Å². The monoisotopic (exact) mass is 274 g/mol.